The van der Waals surface area contributed by atoms with Crippen molar-refractivity contribution in [1.29, 1.82) is 0 Å². The lowest BCUT2D eigenvalue weighted by Gasteiger charge is -2.17. The molecule has 152 valence electrons. The molecule has 0 aromatic heterocycles. The van der Waals surface area contributed by atoms with Crippen LogP contribution in [0.2, 0.25) is 0 Å². The Bertz CT molecular complexity index is 1070. The molecule has 0 radical (unpaired) electrons. The molecule has 0 aliphatic rings. The second kappa shape index (κ2) is 10.3. The number of anilines is 1. The Morgan fingerprint density at radius 2 is 1.60 bits per heavy atom. The summed E-state index contributed by atoms with van der Waals surface area (Å²) in [6, 6.07) is 23.8. The van der Waals surface area contributed by atoms with Crippen molar-refractivity contribution < 1.29 is 9.59 Å². The Hall–Kier alpha value is -2.78. The van der Waals surface area contributed by atoms with Gasteiger partial charge in [-0.25, -0.2) is 0 Å². The summed E-state index contributed by atoms with van der Waals surface area (Å²) in [6.45, 7) is 1.93. The SMILES string of the molecule is CC(NC(=O)c1ccccc1NC(=S)NC(=O)c1cccc(I)c1)c1ccccc1. The lowest BCUT2D eigenvalue weighted by molar-refractivity contribution is 0.0939. The molecule has 0 aliphatic carbocycles. The van der Waals surface area contributed by atoms with Gasteiger partial charge in [-0.15, -0.1) is 0 Å². The number of benzene rings is 3. The van der Waals surface area contributed by atoms with Crippen LogP contribution in [0, 0.1) is 3.57 Å². The standard InChI is InChI=1S/C23H20IN3O2S/c1-15(16-8-3-2-4-9-16)25-22(29)19-12-5-6-13-20(19)26-23(30)27-21(28)17-10-7-11-18(24)14-17/h2-15H,1H3,(H,25,29)(H2,26,27,28,30). The average molecular weight is 529 g/mol. The summed E-state index contributed by atoms with van der Waals surface area (Å²) in [6.07, 6.45) is 0. The lowest BCUT2D eigenvalue weighted by Crippen LogP contribution is -2.35. The van der Waals surface area contributed by atoms with Gasteiger partial charge in [-0.2, -0.15) is 0 Å². The summed E-state index contributed by atoms with van der Waals surface area (Å²) < 4.78 is 0.952. The molecule has 0 spiro atoms. The molecular weight excluding hydrogens is 509 g/mol. The predicted molar refractivity (Wildman–Crippen MR) is 132 cm³/mol. The van der Waals surface area contributed by atoms with Crippen LogP contribution in [0.25, 0.3) is 0 Å². The summed E-state index contributed by atoms with van der Waals surface area (Å²) >= 11 is 7.42. The topological polar surface area (TPSA) is 70.2 Å². The number of carbonyl (C=O) groups is 2. The van der Waals surface area contributed by atoms with Crippen molar-refractivity contribution in [2.45, 2.75) is 13.0 Å². The van der Waals surface area contributed by atoms with E-state index in [-0.39, 0.29) is 23.0 Å². The fraction of sp³-hybridized carbons (Fsp3) is 0.0870. The van der Waals surface area contributed by atoms with E-state index in [1.807, 2.05) is 43.3 Å². The molecule has 0 fully saturated rings. The van der Waals surface area contributed by atoms with Crippen LogP contribution >= 0.6 is 34.8 Å². The van der Waals surface area contributed by atoms with Crippen LogP contribution in [-0.2, 0) is 0 Å². The minimum Gasteiger partial charge on any atom is -0.345 e. The van der Waals surface area contributed by atoms with E-state index in [1.165, 1.54) is 0 Å². The van der Waals surface area contributed by atoms with Crippen molar-refractivity contribution in [3.63, 3.8) is 0 Å². The first kappa shape index (κ1) is 21.9. The average Bonchev–Trinajstić information content (AvgIpc) is 2.74. The van der Waals surface area contributed by atoms with E-state index >= 15 is 0 Å². The summed E-state index contributed by atoms with van der Waals surface area (Å²) in [5, 5.41) is 8.72. The van der Waals surface area contributed by atoms with Crippen LogP contribution in [0.5, 0.6) is 0 Å². The molecule has 30 heavy (non-hydrogen) atoms. The molecule has 7 heteroatoms. The predicted octanol–water partition coefficient (Wildman–Crippen LogP) is 4.91. The van der Waals surface area contributed by atoms with E-state index in [1.54, 1.807) is 42.5 Å². The quantitative estimate of drug-likeness (QED) is 0.325. The third-order valence-corrected chi connectivity index (χ3v) is 5.26. The van der Waals surface area contributed by atoms with Gasteiger partial charge in [0.1, 0.15) is 0 Å². The number of para-hydroxylation sites is 1. The Morgan fingerprint density at radius 1 is 0.900 bits per heavy atom. The fourth-order valence-corrected chi connectivity index (χ4v) is 3.59. The molecule has 0 bridgehead atoms. The highest BCUT2D eigenvalue weighted by atomic mass is 127. The zero-order chi connectivity index (χ0) is 21.5. The van der Waals surface area contributed by atoms with Gasteiger partial charge in [0, 0.05) is 9.13 Å². The summed E-state index contributed by atoms with van der Waals surface area (Å²) in [5.74, 6) is -0.549. The van der Waals surface area contributed by atoms with E-state index in [2.05, 4.69) is 38.5 Å². The van der Waals surface area contributed by atoms with Crippen LogP contribution in [-0.4, -0.2) is 16.9 Å². The Morgan fingerprint density at radius 3 is 2.33 bits per heavy atom. The Kier molecular flexibility index (Phi) is 7.53. The normalized spacial score (nSPS) is 11.3. The van der Waals surface area contributed by atoms with Gasteiger partial charge < -0.3 is 10.6 Å². The molecular formula is C23H20IN3O2S. The van der Waals surface area contributed by atoms with Crippen LogP contribution < -0.4 is 16.0 Å². The smallest absolute Gasteiger partial charge is 0.257 e. The lowest BCUT2D eigenvalue weighted by atomic mass is 10.1. The first-order valence-corrected chi connectivity index (χ1v) is 10.8. The second-order valence-corrected chi connectivity index (χ2v) is 8.22. The maximum atomic E-state index is 12.8. The van der Waals surface area contributed by atoms with Crippen LogP contribution in [0.4, 0.5) is 5.69 Å². The van der Waals surface area contributed by atoms with Crippen LogP contribution in [0.3, 0.4) is 0 Å². The molecule has 0 aliphatic heterocycles. The van der Waals surface area contributed by atoms with E-state index in [0.717, 1.165) is 9.13 Å². The number of carbonyl (C=O) groups excluding carboxylic acids is 2. The van der Waals surface area contributed by atoms with Gasteiger partial charge in [-0.3, -0.25) is 14.9 Å². The number of halogens is 1. The van der Waals surface area contributed by atoms with Crippen molar-refractivity contribution in [1.82, 2.24) is 10.6 Å². The molecule has 5 nitrogen and oxygen atoms in total. The number of nitrogens with one attached hydrogen (secondary N) is 3. The summed E-state index contributed by atoms with van der Waals surface area (Å²) in [7, 11) is 0. The monoisotopic (exact) mass is 529 g/mol. The molecule has 3 rings (SSSR count). The highest BCUT2D eigenvalue weighted by Crippen LogP contribution is 2.18. The van der Waals surface area contributed by atoms with Crippen LogP contribution in [0.1, 0.15) is 39.2 Å². The molecule has 1 atom stereocenters. The van der Waals surface area contributed by atoms with Crippen molar-refractivity contribution in [2.75, 3.05) is 5.32 Å². The van der Waals surface area contributed by atoms with E-state index in [4.69, 9.17) is 12.2 Å². The number of hydrogen-bond donors (Lipinski definition) is 3. The minimum absolute atomic E-state index is 0.121. The van der Waals surface area contributed by atoms with Crippen molar-refractivity contribution >= 4 is 57.4 Å². The largest absolute Gasteiger partial charge is 0.345 e. The molecule has 3 N–H and O–H groups in total. The van der Waals surface area contributed by atoms with E-state index < -0.39 is 0 Å². The molecule has 3 aromatic rings. The number of amides is 2. The molecule has 2 amide bonds. The zero-order valence-corrected chi connectivity index (χ0v) is 19.2. The van der Waals surface area contributed by atoms with Gasteiger partial charge >= 0.3 is 0 Å². The number of rotatable bonds is 5. The zero-order valence-electron chi connectivity index (χ0n) is 16.2. The van der Waals surface area contributed by atoms with Gasteiger partial charge in [-0.05, 0) is 77.6 Å². The van der Waals surface area contributed by atoms with Crippen molar-refractivity contribution in [2.24, 2.45) is 0 Å². The third-order valence-electron chi connectivity index (χ3n) is 4.38. The minimum atomic E-state index is -0.314. The Labute approximate surface area is 194 Å². The summed E-state index contributed by atoms with van der Waals surface area (Å²) in [4.78, 5) is 25.2. The van der Waals surface area contributed by atoms with Crippen LogP contribution in [0.15, 0.2) is 78.9 Å². The molecule has 0 saturated heterocycles. The number of thiocarbonyl (C=S) groups is 1. The first-order chi connectivity index (χ1) is 14.4. The van der Waals surface area contributed by atoms with Gasteiger partial charge in [0.2, 0.25) is 0 Å². The molecule has 3 aromatic carbocycles. The van der Waals surface area contributed by atoms with Crippen molar-refractivity contribution in [3.8, 4) is 0 Å². The molecule has 0 saturated carbocycles. The van der Waals surface area contributed by atoms with Gasteiger partial charge in [-0.1, -0.05) is 48.5 Å². The van der Waals surface area contributed by atoms with Crippen molar-refractivity contribution in [3.05, 3.63) is 99.1 Å². The number of hydrogen-bond acceptors (Lipinski definition) is 3. The maximum absolute atomic E-state index is 12.8. The second-order valence-electron chi connectivity index (χ2n) is 6.57. The van der Waals surface area contributed by atoms with E-state index in [0.29, 0.717) is 16.8 Å². The van der Waals surface area contributed by atoms with Gasteiger partial charge in [0.15, 0.2) is 5.11 Å². The maximum Gasteiger partial charge on any atom is 0.257 e. The highest BCUT2D eigenvalue weighted by Gasteiger charge is 2.16. The van der Waals surface area contributed by atoms with E-state index in [9.17, 15) is 9.59 Å². The summed E-state index contributed by atoms with van der Waals surface area (Å²) in [5.41, 5.74) is 2.47. The van der Waals surface area contributed by atoms with Gasteiger partial charge in [0.05, 0.1) is 17.3 Å². The fourth-order valence-electron chi connectivity index (χ4n) is 2.85. The third kappa shape index (κ3) is 5.87. The molecule has 0 heterocycles. The highest BCUT2D eigenvalue weighted by molar-refractivity contribution is 14.1. The first-order valence-electron chi connectivity index (χ1n) is 9.27. The molecule has 1 unspecified atom stereocenters. The van der Waals surface area contributed by atoms with Gasteiger partial charge in [0.25, 0.3) is 11.8 Å². The Balaban J connectivity index is 1.68.